The fraction of sp³-hybridized carbons (Fsp3) is 0.462. The Labute approximate surface area is 113 Å². The van der Waals surface area contributed by atoms with E-state index in [0.29, 0.717) is 12.6 Å². The van der Waals surface area contributed by atoms with Crippen molar-refractivity contribution in [3.05, 3.63) is 35.6 Å². The molecule has 3 nitrogen and oxygen atoms in total. The van der Waals surface area contributed by atoms with Crippen LogP contribution < -0.4 is 10.6 Å². The molecule has 1 fully saturated rings. The third kappa shape index (κ3) is 4.63. The number of rotatable bonds is 5. The van der Waals surface area contributed by atoms with Gasteiger partial charge in [0.1, 0.15) is 5.82 Å². The summed E-state index contributed by atoms with van der Waals surface area (Å²) in [6.07, 6.45) is 2.32. The van der Waals surface area contributed by atoms with Crippen LogP contribution in [-0.4, -0.2) is 18.0 Å². The second-order valence-electron chi connectivity index (χ2n) is 4.51. The van der Waals surface area contributed by atoms with Crippen LogP contribution in [0.15, 0.2) is 24.3 Å². The number of benzene rings is 1. The van der Waals surface area contributed by atoms with Crippen molar-refractivity contribution >= 4 is 18.3 Å². The van der Waals surface area contributed by atoms with Crippen molar-refractivity contribution in [2.24, 2.45) is 0 Å². The van der Waals surface area contributed by atoms with E-state index in [0.717, 1.165) is 18.4 Å². The number of hydrogen-bond donors (Lipinski definition) is 2. The average Bonchev–Trinajstić information content (AvgIpc) is 3.11. The predicted octanol–water partition coefficient (Wildman–Crippen LogP) is 2.00. The third-order valence-electron chi connectivity index (χ3n) is 2.84. The van der Waals surface area contributed by atoms with Gasteiger partial charge in [-0.2, -0.15) is 0 Å². The van der Waals surface area contributed by atoms with Crippen LogP contribution in [0.1, 0.15) is 25.3 Å². The normalized spacial score (nSPS) is 15.7. The zero-order chi connectivity index (χ0) is 12.3. The van der Waals surface area contributed by atoms with Gasteiger partial charge in [-0.15, -0.1) is 12.4 Å². The van der Waals surface area contributed by atoms with Gasteiger partial charge in [-0.3, -0.25) is 4.79 Å². The topological polar surface area (TPSA) is 41.1 Å². The molecule has 100 valence electrons. The lowest BCUT2D eigenvalue weighted by atomic mass is 10.2. The lowest BCUT2D eigenvalue weighted by Crippen LogP contribution is -2.42. The quantitative estimate of drug-likeness (QED) is 0.861. The maximum atomic E-state index is 12.7. The Balaban J connectivity index is 0.00000162. The molecule has 0 spiro atoms. The van der Waals surface area contributed by atoms with E-state index in [-0.39, 0.29) is 30.2 Å². The van der Waals surface area contributed by atoms with E-state index in [1.807, 2.05) is 6.92 Å². The first-order valence-electron chi connectivity index (χ1n) is 5.93. The molecule has 0 aliphatic heterocycles. The van der Waals surface area contributed by atoms with Crippen LogP contribution in [0.25, 0.3) is 0 Å². The van der Waals surface area contributed by atoms with Crippen LogP contribution in [0, 0.1) is 5.82 Å². The number of carbonyl (C=O) groups is 1. The number of hydrogen-bond acceptors (Lipinski definition) is 2. The van der Waals surface area contributed by atoms with Crippen molar-refractivity contribution in [3.63, 3.8) is 0 Å². The van der Waals surface area contributed by atoms with Crippen molar-refractivity contribution in [1.29, 1.82) is 0 Å². The minimum absolute atomic E-state index is 0. The van der Waals surface area contributed by atoms with Gasteiger partial charge in [0, 0.05) is 12.6 Å². The molecule has 2 N–H and O–H groups in total. The molecule has 1 unspecified atom stereocenters. The molecule has 1 saturated carbocycles. The fourth-order valence-electron chi connectivity index (χ4n) is 1.62. The molecule has 0 bridgehead atoms. The highest BCUT2D eigenvalue weighted by Gasteiger charge is 2.25. The summed E-state index contributed by atoms with van der Waals surface area (Å²) < 4.78 is 12.7. The highest BCUT2D eigenvalue weighted by Crippen LogP contribution is 2.19. The Morgan fingerprint density at radius 1 is 1.39 bits per heavy atom. The average molecular weight is 273 g/mol. The standard InChI is InChI=1S/C13H17FN2O.ClH/c1-9(16-12-6-7-12)13(17)15-8-10-2-4-11(14)5-3-10;/h2-5,9,12,16H,6-8H2,1H3,(H,15,17);1H. The van der Waals surface area contributed by atoms with Crippen LogP contribution in [0.5, 0.6) is 0 Å². The molecule has 5 heteroatoms. The van der Waals surface area contributed by atoms with E-state index in [9.17, 15) is 9.18 Å². The van der Waals surface area contributed by atoms with Gasteiger partial charge < -0.3 is 10.6 Å². The van der Waals surface area contributed by atoms with Gasteiger partial charge >= 0.3 is 0 Å². The summed E-state index contributed by atoms with van der Waals surface area (Å²) in [4.78, 5) is 11.7. The summed E-state index contributed by atoms with van der Waals surface area (Å²) in [5, 5.41) is 6.05. The van der Waals surface area contributed by atoms with Gasteiger partial charge in [0.05, 0.1) is 6.04 Å². The highest BCUT2D eigenvalue weighted by atomic mass is 35.5. The summed E-state index contributed by atoms with van der Waals surface area (Å²) in [5.74, 6) is -0.273. The lowest BCUT2D eigenvalue weighted by Gasteiger charge is -2.13. The maximum Gasteiger partial charge on any atom is 0.237 e. The molecule has 1 aliphatic rings. The van der Waals surface area contributed by atoms with Gasteiger partial charge in [-0.1, -0.05) is 12.1 Å². The van der Waals surface area contributed by atoms with Crippen LogP contribution in [0.4, 0.5) is 4.39 Å². The van der Waals surface area contributed by atoms with Gasteiger partial charge in [-0.05, 0) is 37.5 Å². The van der Waals surface area contributed by atoms with Crippen LogP contribution >= 0.6 is 12.4 Å². The second-order valence-corrected chi connectivity index (χ2v) is 4.51. The van der Waals surface area contributed by atoms with E-state index >= 15 is 0 Å². The van der Waals surface area contributed by atoms with E-state index in [1.165, 1.54) is 12.1 Å². The van der Waals surface area contributed by atoms with Crippen LogP contribution in [0.3, 0.4) is 0 Å². The summed E-state index contributed by atoms with van der Waals surface area (Å²) >= 11 is 0. The molecule has 0 heterocycles. The number of halogens is 2. The van der Waals surface area contributed by atoms with E-state index < -0.39 is 0 Å². The SMILES string of the molecule is CC(NC1CC1)C(=O)NCc1ccc(F)cc1.Cl. The Kier molecular flexibility index (Phi) is 5.56. The third-order valence-corrected chi connectivity index (χ3v) is 2.84. The monoisotopic (exact) mass is 272 g/mol. The molecule has 1 aromatic rings. The van der Waals surface area contributed by atoms with E-state index in [1.54, 1.807) is 12.1 Å². The number of nitrogens with one attached hydrogen (secondary N) is 2. The summed E-state index contributed by atoms with van der Waals surface area (Å²) in [6.45, 7) is 2.30. The van der Waals surface area contributed by atoms with Gasteiger partial charge in [-0.25, -0.2) is 4.39 Å². The zero-order valence-electron chi connectivity index (χ0n) is 10.3. The minimum Gasteiger partial charge on any atom is -0.351 e. The molecule has 1 atom stereocenters. The zero-order valence-corrected chi connectivity index (χ0v) is 11.1. The molecule has 1 amide bonds. The van der Waals surface area contributed by atoms with Crippen molar-refractivity contribution in [3.8, 4) is 0 Å². The summed E-state index contributed by atoms with van der Waals surface area (Å²) in [6, 6.07) is 6.49. The first-order valence-corrected chi connectivity index (χ1v) is 5.93. The highest BCUT2D eigenvalue weighted by molar-refractivity contribution is 5.85. The Hall–Kier alpha value is -1.13. The molecule has 1 aromatic carbocycles. The predicted molar refractivity (Wildman–Crippen MR) is 71.1 cm³/mol. The molecule has 0 saturated heterocycles. The van der Waals surface area contributed by atoms with Crippen molar-refractivity contribution in [2.45, 2.75) is 38.4 Å². The van der Waals surface area contributed by atoms with Gasteiger partial charge in [0.15, 0.2) is 0 Å². The first-order chi connectivity index (χ1) is 8.15. The molecule has 2 rings (SSSR count). The molecule has 1 aliphatic carbocycles. The first kappa shape index (κ1) is 14.9. The number of carbonyl (C=O) groups excluding carboxylic acids is 1. The second kappa shape index (κ2) is 6.71. The molecule has 0 radical (unpaired) electrons. The van der Waals surface area contributed by atoms with Crippen molar-refractivity contribution in [1.82, 2.24) is 10.6 Å². The smallest absolute Gasteiger partial charge is 0.237 e. The van der Waals surface area contributed by atoms with Crippen LogP contribution in [0.2, 0.25) is 0 Å². The maximum absolute atomic E-state index is 12.7. The molecular formula is C13H18ClFN2O. The van der Waals surface area contributed by atoms with Gasteiger partial charge in [0.2, 0.25) is 5.91 Å². The van der Waals surface area contributed by atoms with E-state index in [2.05, 4.69) is 10.6 Å². The molecular weight excluding hydrogens is 255 g/mol. The van der Waals surface area contributed by atoms with Crippen LogP contribution in [-0.2, 0) is 11.3 Å². The molecule has 18 heavy (non-hydrogen) atoms. The van der Waals surface area contributed by atoms with Crippen molar-refractivity contribution < 1.29 is 9.18 Å². The van der Waals surface area contributed by atoms with Crippen molar-refractivity contribution in [2.75, 3.05) is 0 Å². The Bertz CT molecular complexity index is 392. The largest absolute Gasteiger partial charge is 0.351 e. The Morgan fingerprint density at radius 2 is 2.00 bits per heavy atom. The fourth-order valence-corrected chi connectivity index (χ4v) is 1.62. The van der Waals surface area contributed by atoms with E-state index in [4.69, 9.17) is 0 Å². The minimum atomic E-state index is -0.260. The van der Waals surface area contributed by atoms with Gasteiger partial charge in [0.25, 0.3) is 0 Å². The lowest BCUT2D eigenvalue weighted by molar-refractivity contribution is -0.122. The molecule has 0 aromatic heterocycles. The summed E-state index contributed by atoms with van der Waals surface area (Å²) in [5.41, 5.74) is 0.901. The number of amides is 1. The Morgan fingerprint density at radius 3 is 2.56 bits per heavy atom. The summed E-state index contributed by atoms with van der Waals surface area (Å²) in [7, 11) is 0.